The number of benzene rings is 2. The molecule has 2 aromatic heterocycles. The molecule has 3 heterocycles. The van der Waals surface area contributed by atoms with Gasteiger partial charge in [-0.05, 0) is 30.3 Å². The average Bonchev–Trinajstić information content (AvgIpc) is 3.30. The Morgan fingerprint density at radius 1 is 1.18 bits per heavy atom. The average molecular weight is 479 g/mol. The molecule has 0 saturated carbocycles. The molecule has 5 rings (SSSR count). The fourth-order valence-electron chi connectivity index (χ4n) is 3.94. The molecule has 1 N–H and O–H groups in total. The molecule has 0 spiro atoms. The second kappa shape index (κ2) is 9.28. The van der Waals surface area contributed by atoms with Crippen molar-refractivity contribution >= 4 is 40.0 Å². The van der Waals surface area contributed by atoms with Crippen molar-refractivity contribution in [1.29, 1.82) is 0 Å². The Balaban J connectivity index is 1.43. The first-order valence-electron chi connectivity index (χ1n) is 10.8. The summed E-state index contributed by atoms with van der Waals surface area (Å²) in [6, 6.07) is 9.08. The van der Waals surface area contributed by atoms with Crippen LogP contribution in [0.1, 0.15) is 10.4 Å². The molecule has 1 fully saturated rings. The van der Waals surface area contributed by atoms with Gasteiger partial charge in [-0.2, -0.15) is 5.10 Å². The van der Waals surface area contributed by atoms with Crippen molar-refractivity contribution in [3.63, 3.8) is 0 Å². The number of carbonyl (C=O) groups excluding carboxylic acids is 1. The molecule has 0 bridgehead atoms. The van der Waals surface area contributed by atoms with E-state index in [1.807, 2.05) is 31.4 Å². The smallest absolute Gasteiger partial charge is 0.254 e. The van der Waals surface area contributed by atoms with E-state index in [0.29, 0.717) is 59.5 Å². The molecule has 10 heteroatoms. The zero-order valence-electron chi connectivity index (χ0n) is 18.8. The number of aromatic nitrogens is 4. The van der Waals surface area contributed by atoms with Gasteiger partial charge in [-0.25, -0.2) is 9.97 Å². The van der Waals surface area contributed by atoms with Gasteiger partial charge >= 0.3 is 0 Å². The van der Waals surface area contributed by atoms with Crippen LogP contribution >= 0.6 is 11.6 Å². The Labute approximate surface area is 201 Å². The van der Waals surface area contributed by atoms with E-state index in [-0.39, 0.29) is 5.91 Å². The summed E-state index contributed by atoms with van der Waals surface area (Å²) in [5.41, 5.74) is 3.64. The zero-order chi connectivity index (χ0) is 23.7. The molecule has 34 heavy (non-hydrogen) atoms. The van der Waals surface area contributed by atoms with Crippen LogP contribution in [0.3, 0.4) is 0 Å². The summed E-state index contributed by atoms with van der Waals surface area (Å²) in [5, 5.41) is 8.64. The van der Waals surface area contributed by atoms with Crippen molar-refractivity contribution in [2.45, 2.75) is 0 Å². The monoisotopic (exact) mass is 478 g/mol. The molecule has 0 unspecified atom stereocenters. The van der Waals surface area contributed by atoms with Gasteiger partial charge < -0.3 is 19.7 Å². The van der Waals surface area contributed by atoms with Crippen molar-refractivity contribution in [2.75, 3.05) is 38.7 Å². The summed E-state index contributed by atoms with van der Waals surface area (Å²) in [5.74, 6) is 0.973. The minimum Gasteiger partial charge on any atom is -0.494 e. The predicted molar refractivity (Wildman–Crippen MR) is 130 cm³/mol. The third-order valence-electron chi connectivity index (χ3n) is 5.68. The number of anilines is 2. The highest BCUT2D eigenvalue weighted by Gasteiger charge is 2.19. The van der Waals surface area contributed by atoms with E-state index >= 15 is 0 Å². The summed E-state index contributed by atoms with van der Waals surface area (Å²) in [6.07, 6.45) is 5.30. The summed E-state index contributed by atoms with van der Waals surface area (Å²) in [7, 11) is 3.45. The molecule has 1 saturated heterocycles. The Morgan fingerprint density at radius 3 is 2.62 bits per heavy atom. The lowest BCUT2D eigenvalue weighted by Gasteiger charge is -2.26. The highest BCUT2D eigenvalue weighted by molar-refractivity contribution is 6.36. The van der Waals surface area contributed by atoms with Crippen LogP contribution in [-0.2, 0) is 11.8 Å². The number of nitrogens with zero attached hydrogens (tertiary/aromatic N) is 5. The number of aryl methyl sites for hydroxylation is 1. The molecular formula is C24H23ClN6O3. The van der Waals surface area contributed by atoms with Crippen LogP contribution in [0, 0.1) is 0 Å². The Morgan fingerprint density at radius 2 is 1.94 bits per heavy atom. The first-order chi connectivity index (χ1) is 16.5. The number of carbonyl (C=O) groups is 1. The van der Waals surface area contributed by atoms with Crippen molar-refractivity contribution < 1.29 is 14.3 Å². The van der Waals surface area contributed by atoms with Crippen LogP contribution in [0.5, 0.6) is 5.75 Å². The van der Waals surface area contributed by atoms with Crippen molar-refractivity contribution in [3.05, 3.63) is 59.5 Å². The largest absolute Gasteiger partial charge is 0.494 e. The van der Waals surface area contributed by atoms with E-state index < -0.39 is 0 Å². The molecule has 1 aliphatic rings. The number of amides is 1. The van der Waals surface area contributed by atoms with Gasteiger partial charge in [0.2, 0.25) is 5.95 Å². The number of methoxy groups -OCH3 is 1. The third-order valence-corrected chi connectivity index (χ3v) is 6.00. The standard InChI is InChI=1S/C24H23ClN6O3/c1-30-14-16(12-27-30)18-11-20(25)19-13-26-24(29-21(19)22(18)33-2)28-17-5-3-15(4-6-17)23(32)31-7-9-34-10-8-31/h3-6,11-14H,7-10H2,1-2H3,(H,26,28,29). The minimum absolute atomic E-state index is 0.000820. The number of morpholine rings is 1. The summed E-state index contributed by atoms with van der Waals surface area (Å²) >= 11 is 6.54. The third kappa shape index (κ3) is 4.27. The van der Waals surface area contributed by atoms with Crippen LogP contribution in [-0.4, -0.2) is 64.0 Å². The van der Waals surface area contributed by atoms with Gasteiger partial charge in [0.25, 0.3) is 5.91 Å². The van der Waals surface area contributed by atoms with E-state index in [9.17, 15) is 4.79 Å². The lowest BCUT2D eigenvalue weighted by atomic mass is 10.1. The van der Waals surface area contributed by atoms with Crippen molar-refractivity contribution in [2.24, 2.45) is 7.05 Å². The SMILES string of the molecule is COc1c(-c2cnn(C)c2)cc(Cl)c2cnc(Nc3ccc(C(=O)N4CCOCC4)cc3)nc12. The Hall–Kier alpha value is -3.69. The summed E-state index contributed by atoms with van der Waals surface area (Å²) in [6.45, 7) is 2.35. The fraction of sp³-hybridized carbons (Fsp3) is 0.250. The first-order valence-corrected chi connectivity index (χ1v) is 11.2. The highest BCUT2D eigenvalue weighted by Crippen LogP contribution is 2.39. The predicted octanol–water partition coefficient (Wildman–Crippen LogP) is 3.91. The van der Waals surface area contributed by atoms with E-state index in [4.69, 9.17) is 21.1 Å². The number of halogens is 1. The van der Waals surface area contributed by atoms with Crippen LogP contribution in [0.2, 0.25) is 5.02 Å². The number of hydrogen-bond acceptors (Lipinski definition) is 7. The van der Waals surface area contributed by atoms with Gasteiger partial charge in [0.05, 0.1) is 31.5 Å². The second-order valence-corrected chi connectivity index (χ2v) is 8.31. The number of nitrogens with one attached hydrogen (secondary N) is 1. The molecule has 0 aliphatic carbocycles. The normalized spacial score (nSPS) is 13.8. The van der Waals surface area contributed by atoms with Crippen LogP contribution < -0.4 is 10.1 Å². The van der Waals surface area contributed by atoms with E-state index in [2.05, 4.69) is 20.4 Å². The number of ether oxygens (including phenoxy) is 2. The Bertz CT molecular complexity index is 1350. The molecule has 174 valence electrons. The number of rotatable bonds is 5. The maximum atomic E-state index is 12.7. The van der Waals surface area contributed by atoms with Crippen molar-refractivity contribution in [1.82, 2.24) is 24.6 Å². The molecule has 0 atom stereocenters. The van der Waals surface area contributed by atoms with Crippen LogP contribution in [0.4, 0.5) is 11.6 Å². The van der Waals surface area contributed by atoms with Gasteiger partial charge in [0, 0.05) is 60.3 Å². The van der Waals surface area contributed by atoms with Gasteiger partial charge in [-0.3, -0.25) is 9.48 Å². The number of hydrogen-bond donors (Lipinski definition) is 1. The molecular weight excluding hydrogens is 456 g/mol. The second-order valence-electron chi connectivity index (χ2n) is 7.90. The van der Waals surface area contributed by atoms with Crippen LogP contribution in [0.25, 0.3) is 22.0 Å². The quantitative estimate of drug-likeness (QED) is 0.464. The molecule has 0 radical (unpaired) electrons. The molecule has 2 aromatic carbocycles. The topological polar surface area (TPSA) is 94.4 Å². The van der Waals surface area contributed by atoms with Gasteiger partial charge in [-0.1, -0.05) is 11.6 Å². The Kier molecular flexibility index (Phi) is 6.04. The number of fused-ring (bicyclic) bond motifs is 1. The van der Waals surface area contributed by atoms with E-state index in [1.165, 1.54) is 0 Å². The zero-order valence-corrected chi connectivity index (χ0v) is 19.5. The molecule has 9 nitrogen and oxygen atoms in total. The first kappa shape index (κ1) is 22.1. The van der Waals surface area contributed by atoms with Gasteiger partial charge in [0.1, 0.15) is 5.52 Å². The maximum Gasteiger partial charge on any atom is 0.254 e. The van der Waals surface area contributed by atoms with Gasteiger partial charge in [-0.15, -0.1) is 0 Å². The van der Waals surface area contributed by atoms with Gasteiger partial charge in [0.15, 0.2) is 5.75 Å². The minimum atomic E-state index is -0.000820. The molecule has 1 aliphatic heterocycles. The lowest BCUT2D eigenvalue weighted by molar-refractivity contribution is 0.0303. The van der Waals surface area contributed by atoms with E-state index in [0.717, 1.165) is 16.8 Å². The fourth-order valence-corrected chi connectivity index (χ4v) is 4.19. The van der Waals surface area contributed by atoms with Crippen LogP contribution in [0.15, 0.2) is 48.9 Å². The molecule has 4 aromatic rings. The van der Waals surface area contributed by atoms with E-state index in [1.54, 1.807) is 41.2 Å². The molecule has 1 amide bonds. The maximum absolute atomic E-state index is 12.7. The highest BCUT2D eigenvalue weighted by atomic mass is 35.5. The summed E-state index contributed by atoms with van der Waals surface area (Å²) in [4.78, 5) is 23.5. The van der Waals surface area contributed by atoms with Crippen molar-refractivity contribution in [3.8, 4) is 16.9 Å². The lowest BCUT2D eigenvalue weighted by Crippen LogP contribution is -2.40. The summed E-state index contributed by atoms with van der Waals surface area (Å²) < 4.78 is 12.8.